The minimum atomic E-state index is 0.175. The smallest absolute Gasteiger partial charge is 0.0614 e. The molecule has 1 heteroatoms. The van der Waals surface area contributed by atoms with Crippen molar-refractivity contribution in [3.05, 3.63) is 23.3 Å². The third kappa shape index (κ3) is 7.55. The van der Waals surface area contributed by atoms with Crippen molar-refractivity contribution in [3.63, 3.8) is 0 Å². The van der Waals surface area contributed by atoms with Gasteiger partial charge >= 0.3 is 0 Å². The second kappa shape index (κ2) is 7.11. The molecule has 0 fully saturated rings. The second-order valence-corrected chi connectivity index (χ2v) is 3.41. The Morgan fingerprint density at radius 2 is 1.83 bits per heavy atom. The number of aliphatic hydroxyl groups is 1. The van der Waals surface area contributed by atoms with Crippen molar-refractivity contribution in [2.45, 2.75) is 40.0 Å². The van der Waals surface area contributed by atoms with E-state index < -0.39 is 0 Å². The van der Waals surface area contributed by atoms with Gasteiger partial charge in [-0.2, -0.15) is 0 Å². The van der Waals surface area contributed by atoms with Gasteiger partial charge in [-0.25, -0.2) is 0 Å². The van der Waals surface area contributed by atoms with Crippen LogP contribution >= 0.6 is 0 Å². The van der Waals surface area contributed by atoms with Crippen LogP contribution in [0.1, 0.15) is 40.0 Å². The van der Waals surface area contributed by atoms with Crippen LogP contribution in [-0.2, 0) is 0 Å². The SMILES string of the molecule is CC(C)=CCCCC(C)=CCO. The van der Waals surface area contributed by atoms with Crippen LogP contribution in [0.3, 0.4) is 0 Å². The summed E-state index contributed by atoms with van der Waals surface area (Å²) >= 11 is 0. The average Bonchev–Trinajstić information content (AvgIpc) is 1.98. The Hall–Kier alpha value is -0.560. The van der Waals surface area contributed by atoms with Gasteiger partial charge in [0, 0.05) is 0 Å². The van der Waals surface area contributed by atoms with E-state index in [0.717, 1.165) is 12.8 Å². The Bertz CT molecular complexity index is 162. The minimum Gasteiger partial charge on any atom is -0.392 e. The molecule has 1 N–H and O–H groups in total. The molecule has 0 aromatic rings. The first-order valence-corrected chi connectivity index (χ1v) is 4.56. The lowest BCUT2D eigenvalue weighted by Crippen LogP contribution is -1.81. The largest absolute Gasteiger partial charge is 0.392 e. The lowest BCUT2D eigenvalue weighted by atomic mass is 10.1. The van der Waals surface area contributed by atoms with Gasteiger partial charge in [0.15, 0.2) is 0 Å². The summed E-state index contributed by atoms with van der Waals surface area (Å²) in [6.45, 7) is 6.49. The molecule has 0 rings (SSSR count). The molecule has 0 bridgehead atoms. The molecule has 12 heavy (non-hydrogen) atoms. The topological polar surface area (TPSA) is 20.2 Å². The highest BCUT2D eigenvalue weighted by Crippen LogP contribution is 2.07. The first-order valence-electron chi connectivity index (χ1n) is 4.56. The van der Waals surface area contributed by atoms with Crippen molar-refractivity contribution in [1.82, 2.24) is 0 Å². The van der Waals surface area contributed by atoms with Crippen LogP contribution in [0.2, 0.25) is 0 Å². The molecule has 70 valence electrons. The van der Waals surface area contributed by atoms with Gasteiger partial charge in [-0.05, 0) is 40.0 Å². The Kier molecular flexibility index (Phi) is 6.78. The summed E-state index contributed by atoms with van der Waals surface area (Å²) in [6, 6.07) is 0. The van der Waals surface area contributed by atoms with E-state index in [1.54, 1.807) is 0 Å². The Balaban J connectivity index is 3.44. The minimum absolute atomic E-state index is 0.175. The molecule has 0 atom stereocenters. The fraction of sp³-hybridized carbons (Fsp3) is 0.636. The van der Waals surface area contributed by atoms with Crippen molar-refractivity contribution >= 4 is 0 Å². The predicted octanol–water partition coefficient (Wildman–Crippen LogP) is 3.06. The van der Waals surface area contributed by atoms with Gasteiger partial charge in [0.05, 0.1) is 6.61 Å². The van der Waals surface area contributed by atoms with E-state index in [2.05, 4.69) is 26.8 Å². The molecule has 0 amide bonds. The molecule has 0 aromatic heterocycles. The van der Waals surface area contributed by atoms with E-state index in [1.807, 2.05) is 6.08 Å². The molecule has 0 heterocycles. The van der Waals surface area contributed by atoms with Crippen molar-refractivity contribution in [2.75, 3.05) is 6.61 Å². The highest BCUT2D eigenvalue weighted by Gasteiger charge is 1.88. The molecule has 0 aliphatic carbocycles. The van der Waals surface area contributed by atoms with Crippen LogP contribution in [0, 0.1) is 0 Å². The van der Waals surface area contributed by atoms with Crippen LogP contribution in [0.5, 0.6) is 0 Å². The van der Waals surface area contributed by atoms with E-state index in [4.69, 9.17) is 5.11 Å². The molecule has 0 spiro atoms. The lowest BCUT2D eigenvalue weighted by Gasteiger charge is -1.98. The van der Waals surface area contributed by atoms with Crippen LogP contribution < -0.4 is 0 Å². The number of aliphatic hydroxyl groups excluding tert-OH is 1. The number of rotatable bonds is 5. The zero-order chi connectivity index (χ0) is 9.40. The standard InChI is InChI=1S/C11H20O/c1-10(2)6-4-5-7-11(3)8-9-12/h6,8,12H,4-5,7,9H2,1-3H3. The van der Waals surface area contributed by atoms with E-state index >= 15 is 0 Å². The van der Waals surface area contributed by atoms with Crippen molar-refractivity contribution < 1.29 is 5.11 Å². The fourth-order valence-electron chi connectivity index (χ4n) is 1.03. The summed E-state index contributed by atoms with van der Waals surface area (Å²) in [4.78, 5) is 0. The summed E-state index contributed by atoms with van der Waals surface area (Å²) < 4.78 is 0. The third-order valence-electron chi connectivity index (χ3n) is 1.77. The van der Waals surface area contributed by atoms with Crippen molar-refractivity contribution in [1.29, 1.82) is 0 Å². The van der Waals surface area contributed by atoms with Gasteiger partial charge in [0.2, 0.25) is 0 Å². The normalized spacial score (nSPS) is 11.5. The maximum Gasteiger partial charge on any atom is 0.0614 e. The lowest BCUT2D eigenvalue weighted by molar-refractivity contribution is 0.341. The number of hydrogen-bond acceptors (Lipinski definition) is 1. The molecule has 0 aliphatic rings. The average molecular weight is 168 g/mol. The first-order chi connectivity index (χ1) is 5.66. The second-order valence-electron chi connectivity index (χ2n) is 3.41. The summed E-state index contributed by atoms with van der Waals surface area (Å²) in [7, 11) is 0. The third-order valence-corrected chi connectivity index (χ3v) is 1.77. The van der Waals surface area contributed by atoms with E-state index in [0.29, 0.717) is 0 Å². The Morgan fingerprint density at radius 3 is 2.33 bits per heavy atom. The maximum atomic E-state index is 8.59. The van der Waals surface area contributed by atoms with Gasteiger partial charge < -0.3 is 5.11 Å². The molecule has 1 nitrogen and oxygen atoms in total. The fourth-order valence-corrected chi connectivity index (χ4v) is 1.03. The van der Waals surface area contributed by atoms with Crippen LogP contribution in [0.4, 0.5) is 0 Å². The summed E-state index contributed by atoms with van der Waals surface area (Å²) in [5.41, 5.74) is 2.68. The van der Waals surface area contributed by atoms with Gasteiger partial charge in [-0.15, -0.1) is 0 Å². The van der Waals surface area contributed by atoms with Crippen LogP contribution in [0.25, 0.3) is 0 Å². The van der Waals surface area contributed by atoms with Gasteiger partial charge in [-0.1, -0.05) is 23.3 Å². The Morgan fingerprint density at radius 1 is 1.17 bits per heavy atom. The molecule has 0 aromatic carbocycles. The molecule has 0 saturated carbocycles. The highest BCUT2D eigenvalue weighted by molar-refractivity contribution is 4.99. The predicted molar refractivity (Wildman–Crippen MR) is 54.1 cm³/mol. The maximum absolute atomic E-state index is 8.59. The van der Waals surface area contributed by atoms with Gasteiger partial charge in [-0.3, -0.25) is 0 Å². The number of hydrogen-bond donors (Lipinski definition) is 1. The highest BCUT2D eigenvalue weighted by atomic mass is 16.2. The molecule has 0 saturated heterocycles. The molecular weight excluding hydrogens is 148 g/mol. The van der Waals surface area contributed by atoms with Crippen LogP contribution in [-0.4, -0.2) is 11.7 Å². The molecule has 0 unspecified atom stereocenters. The van der Waals surface area contributed by atoms with Gasteiger partial charge in [0.25, 0.3) is 0 Å². The Labute approximate surface area is 75.8 Å². The quantitative estimate of drug-likeness (QED) is 0.494. The van der Waals surface area contributed by atoms with Crippen molar-refractivity contribution in [3.8, 4) is 0 Å². The van der Waals surface area contributed by atoms with E-state index in [1.165, 1.54) is 17.6 Å². The summed E-state index contributed by atoms with van der Waals surface area (Å²) in [6.07, 6.45) is 7.57. The number of unbranched alkanes of at least 4 members (excludes halogenated alkanes) is 1. The molecule has 0 aliphatic heterocycles. The summed E-state index contributed by atoms with van der Waals surface area (Å²) in [5.74, 6) is 0. The monoisotopic (exact) mass is 168 g/mol. The zero-order valence-electron chi connectivity index (χ0n) is 8.43. The molecular formula is C11H20O. The zero-order valence-corrected chi connectivity index (χ0v) is 8.43. The number of allylic oxidation sites excluding steroid dienone is 3. The van der Waals surface area contributed by atoms with E-state index in [-0.39, 0.29) is 6.61 Å². The van der Waals surface area contributed by atoms with E-state index in [9.17, 15) is 0 Å². The van der Waals surface area contributed by atoms with Gasteiger partial charge in [0.1, 0.15) is 0 Å². The first kappa shape index (κ1) is 11.4. The molecule has 0 radical (unpaired) electrons. The summed E-state index contributed by atoms with van der Waals surface area (Å²) in [5, 5.41) is 8.59. The van der Waals surface area contributed by atoms with Crippen LogP contribution in [0.15, 0.2) is 23.3 Å². The van der Waals surface area contributed by atoms with Crippen molar-refractivity contribution in [2.24, 2.45) is 0 Å².